The molecule has 1 N–H and O–H groups in total. The topological polar surface area (TPSA) is 32.7 Å². The number of aliphatic hydroxyl groups excluding tert-OH is 1. The van der Waals surface area contributed by atoms with Gasteiger partial charge >= 0.3 is 0 Å². The van der Waals surface area contributed by atoms with E-state index in [0.717, 1.165) is 18.7 Å². The van der Waals surface area contributed by atoms with E-state index >= 15 is 0 Å². The second kappa shape index (κ2) is 6.47. The molecule has 1 saturated heterocycles. The molecule has 0 aliphatic carbocycles. The SMILES string of the molecule is CC1CN(CC(O)c2ccc(C(C)C)cc2)CC(C)(C)O1. The number of aliphatic hydroxyl groups is 1. The van der Waals surface area contributed by atoms with Crippen LogP contribution < -0.4 is 0 Å². The van der Waals surface area contributed by atoms with Crippen LogP contribution >= 0.6 is 0 Å². The quantitative estimate of drug-likeness (QED) is 0.923. The molecule has 1 fully saturated rings. The van der Waals surface area contributed by atoms with E-state index in [4.69, 9.17) is 4.74 Å². The zero-order valence-electron chi connectivity index (χ0n) is 14.0. The van der Waals surface area contributed by atoms with Gasteiger partial charge in [0.1, 0.15) is 0 Å². The number of benzene rings is 1. The first-order valence-corrected chi connectivity index (χ1v) is 7.95. The Morgan fingerprint density at radius 3 is 2.33 bits per heavy atom. The molecule has 2 unspecified atom stereocenters. The van der Waals surface area contributed by atoms with Crippen molar-refractivity contribution in [2.75, 3.05) is 19.6 Å². The minimum Gasteiger partial charge on any atom is -0.387 e. The van der Waals surface area contributed by atoms with Crippen LogP contribution in [-0.2, 0) is 4.74 Å². The molecule has 0 aromatic heterocycles. The highest BCUT2D eigenvalue weighted by Crippen LogP contribution is 2.24. The van der Waals surface area contributed by atoms with E-state index in [9.17, 15) is 5.11 Å². The van der Waals surface area contributed by atoms with Crippen LogP contribution in [-0.4, -0.2) is 41.3 Å². The van der Waals surface area contributed by atoms with E-state index in [1.165, 1.54) is 5.56 Å². The van der Waals surface area contributed by atoms with Gasteiger partial charge in [0.05, 0.1) is 17.8 Å². The van der Waals surface area contributed by atoms with E-state index in [1.807, 2.05) is 0 Å². The van der Waals surface area contributed by atoms with Crippen LogP contribution in [0.1, 0.15) is 57.8 Å². The van der Waals surface area contributed by atoms with Gasteiger partial charge in [0.2, 0.25) is 0 Å². The third-order valence-electron chi connectivity index (χ3n) is 4.06. The first-order valence-electron chi connectivity index (χ1n) is 7.95. The summed E-state index contributed by atoms with van der Waals surface area (Å²) in [5, 5.41) is 10.5. The molecule has 3 heteroatoms. The summed E-state index contributed by atoms with van der Waals surface area (Å²) in [5.74, 6) is 0.525. The lowest BCUT2D eigenvalue weighted by molar-refractivity contribution is -0.133. The zero-order chi connectivity index (χ0) is 15.6. The molecule has 118 valence electrons. The average Bonchev–Trinajstić information content (AvgIpc) is 2.36. The van der Waals surface area contributed by atoms with Gasteiger partial charge < -0.3 is 9.84 Å². The van der Waals surface area contributed by atoms with Gasteiger partial charge in [-0.2, -0.15) is 0 Å². The molecular formula is C18H29NO2. The Kier molecular flexibility index (Phi) is 5.07. The van der Waals surface area contributed by atoms with Gasteiger partial charge in [-0.3, -0.25) is 4.90 Å². The maximum Gasteiger partial charge on any atom is 0.0916 e. The lowest BCUT2D eigenvalue weighted by atomic mass is 9.99. The molecular weight excluding hydrogens is 262 g/mol. The Hall–Kier alpha value is -0.900. The van der Waals surface area contributed by atoms with Crippen molar-refractivity contribution >= 4 is 0 Å². The maximum absolute atomic E-state index is 10.5. The summed E-state index contributed by atoms with van der Waals surface area (Å²) < 4.78 is 5.91. The van der Waals surface area contributed by atoms with Gasteiger partial charge in [-0.15, -0.1) is 0 Å². The zero-order valence-corrected chi connectivity index (χ0v) is 14.0. The number of nitrogens with zero attached hydrogens (tertiary/aromatic N) is 1. The number of rotatable bonds is 4. The summed E-state index contributed by atoms with van der Waals surface area (Å²) in [5.41, 5.74) is 2.17. The Morgan fingerprint density at radius 1 is 1.24 bits per heavy atom. The van der Waals surface area contributed by atoms with E-state index < -0.39 is 6.10 Å². The smallest absolute Gasteiger partial charge is 0.0916 e. The first-order chi connectivity index (χ1) is 9.77. The lowest BCUT2D eigenvalue weighted by Crippen LogP contribution is -2.52. The fourth-order valence-corrected chi connectivity index (χ4v) is 3.18. The summed E-state index contributed by atoms with van der Waals surface area (Å²) in [4.78, 5) is 2.30. The van der Waals surface area contributed by atoms with Crippen molar-refractivity contribution < 1.29 is 9.84 Å². The molecule has 1 heterocycles. The molecule has 1 aliphatic rings. The largest absolute Gasteiger partial charge is 0.387 e. The Bertz CT molecular complexity index is 453. The van der Waals surface area contributed by atoms with E-state index in [1.54, 1.807) is 0 Å². The van der Waals surface area contributed by atoms with Gasteiger partial charge in [0, 0.05) is 19.6 Å². The molecule has 0 bridgehead atoms. The molecule has 0 saturated carbocycles. The number of β-amino-alcohol motifs (C(OH)–C–C–N with tert-alkyl or cyclic N) is 1. The van der Waals surface area contributed by atoms with Crippen LogP contribution in [0.2, 0.25) is 0 Å². The second-order valence-corrected chi connectivity index (χ2v) is 7.22. The van der Waals surface area contributed by atoms with Crippen LogP contribution in [0, 0.1) is 0 Å². The van der Waals surface area contributed by atoms with Crippen molar-refractivity contribution in [3.63, 3.8) is 0 Å². The minimum absolute atomic E-state index is 0.140. The number of morpholine rings is 1. The number of hydrogen-bond donors (Lipinski definition) is 1. The third-order valence-corrected chi connectivity index (χ3v) is 4.06. The monoisotopic (exact) mass is 291 g/mol. The van der Waals surface area contributed by atoms with E-state index in [2.05, 4.69) is 63.8 Å². The highest BCUT2D eigenvalue weighted by molar-refractivity contribution is 5.26. The molecule has 21 heavy (non-hydrogen) atoms. The molecule has 0 spiro atoms. The average molecular weight is 291 g/mol. The van der Waals surface area contributed by atoms with Crippen molar-refractivity contribution in [2.45, 2.75) is 58.3 Å². The van der Waals surface area contributed by atoms with Gasteiger partial charge in [-0.05, 0) is 37.8 Å². The summed E-state index contributed by atoms with van der Waals surface area (Å²) in [6.45, 7) is 13.1. The molecule has 2 atom stereocenters. The highest BCUT2D eigenvalue weighted by atomic mass is 16.5. The summed E-state index contributed by atoms with van der Waals surface area (Å²) in [6, 6.07) is 8.34. The molecule has 1 aliphatic heterocycles. The minimum atomic E-state index is -0.438. The van der Waals surface area contributed by atoms with E-state index in [-0.39, 0.29) is 11.7 Å². The highest BCUT2D eigenvalue weighted by Gasteiger charge is 2.32. The van der Waals surface area contributed by atoms with Crippen molar-refractivity contribution in [1.82, 2.24) is 4.90 Å². The van der Waals surface area contributed by atoms with Crippen LogP contribution in [0.25, 0.3) is 0 Å². The third kappa shape index (κ3) is 4.53. The predicted octanol–water partition coefficient (Wildman–Crippen LogP) is 3.34. The normalized spacial score (nSPS) is 24.2. The summed E-state index contributed by atoms with van der Waals surface area (Å²) in [7, 11) is 0. The van der Waals surface area contributed by atoms with Crippen LogP contribution in [0.5, 0.6) is 0 Å². The molecule has 2 rings (SSSR count). The van der Waals surface area contributed by atoms with Gasteiger partial charge in [-0.1, -0.05) is 38.1 Å². The maximum atomic E-state index is 10.5. The van der Waals surface area contributed by atoms with Gasteiger partial charge in [0.15, 0.2) is 0 Å². The standard InChI is InChI=1S/C18H29NO2/c1-13(2)15-6-8-16(9-7-15)17(20)11-19-10-14(3)21-18(4,5)12-19/h6-9,13-14,17,20H,10-12H2,1-5H3. The molecule has 1 aromatic carbocycles. The predicted molar refractivity (Wildman–Crippen MR) is 86.6 cm³/mol. The number of ether oxygens (including phenoxy) is 1. The molecule has 0 amide bonds. The van der Waals surface area contributed by atoms with Gasteiger partial charge in [-0.25, -0.2) is 0 Å². The van der Waals surface area contributed by atoms with Crippen LogP contribution in [0.15, 0.2) is 24.3 Å². The van der Waals surface area contributed by atoms with Crippen molar-refractivity contribution in [3.8, 4) is 0 Å². The fourth-order valence-electron chi connectivity index (χ4n) is 3.18. The molecule has 1 aromatic rings. The van der Waals surface area contributed by atoms with Crippen molar-refractivity contribution in [2.24, 2.45) is 0 Å². The first kappa shape index (κ1) is 16.5. The molecule has 3 nitrogen and oxygen atoms in total. The Morgan fingerprint density at radius 2 is 1.81 bits per heavy atom. The van der Waals surface area contributed by atoms with Crippen LogP contribution in [0.4, 0.5) is 0 Å². The van der Waals surface area contributed by atoms with E-state index in [0.29, 0.717) is 12.5 Å². The number of hydrogen-bond acceptors (Lipinski definition) is 3. The van der Waals surface area contributed by atoms with Gasteiger partial charge in [0.25, 0.3) is 0 Å². The fraction of sp³-hybridized carbons (Fsp3) is 0.667. The Balaban J connectivity index is 1.99. The van der Waals surface area contributed by atoms with Crippen LogP contribution in [0.3, 0.4) is 0 Å². The second-order valence-electron chi connectivity index (χ2n) is 7.22. The summed E-state index contributed by atoms with van der Waals surface area (Å²) >= 11 is 0. The Labute approximate surface area is 128 Å². The molecule has 0 radical (unpaired) electrons. The van der Waals surface area contributed by atoms with Crippen molar-refractivity contribution in [1.29, 1.82) is 0 Å². The van der Waals surface area contributed by atoms with Crippen molar-refractivity contribution in [3.05, 3.63) is 35.4 Å². The summed E-state index contributed by atoms with van der Waals surface area (Å²) in [6.07, 6.45) is -0.225. The lowest BCUT2D eigenvalue weighted by Gasteiger charge is -2.42.